The Morgan fingerprint density at radius 3 is 2.50 bits per heavy atom. The molecule has 5 rings (SSSR count). The first kappa shape index (κ1) is 21.7. The summed E-state index contributed by atoms with van der Waals surface area (Å²) in [4.78, 5) is 39.5. The number of urea groups is 1. The number of halogens is 1. The summed E-state index contributed by atoms with van der Waals surface area (Å²) in [5, 5.41) is 3.82. The number of imide groups is 2. The first-order valence-electron chi connectivity index (χ1n) is 10.7. The van der Waals surface area contributed by atoms with Gasteiger partial charge in [0.05, 0.1) is 5.69 Å². The van der Waals surface area contributed by atoms with Crippen LogP contribution in [0.25, 0.3) is 17.0 Å². The number of anilines is 1. The monoisotopic (exact) mass is 469 g/mol. The lowest BCUT2D eigenvalue weighted by Crippen LogP contribution is -2.54. The third kappa shape index (κ3) is 3.89. The lowest BCUT2D eigenvalue weighted by atomic mass is 10.1. The van der Waals surface area contributed by atoms with E-state index in [0.717, 1.165) is 26.9 Å². The zero-order valence-electron chi connectivity index (χ0n) is 18.3. The van der Waals surface area contributed by atoms with E-state index in [9.17, 15) is 14.4 Å². The van der Waals surface area contributed by atoms with E-state index < -0.39 is 17.8 Å². The molecule has 2 heterocycles. The Bertz CT molecular complexity index is 1500. The molecule has 1 aliphatic heterocycles. The molecule has 0 bridgehead atoms. The molecule has 1 N–H and O–H groups in total. The average molecular weight is 470 g/mol. The van der Waals surface area contributed by atoms with Crippen LogP contribution in [0.15, 0.2) is 84.6 Å². The standard InChI is InChI=1S/C27H20ClN3O3/c1-17-7-6-9-20(13-17)31-26(33)22(25(32)29-27(31)34)14-19-16-30(24-12-5-3-10-21(19)24)15-18-8-2-4-11-23(18)28/h2-14,16H,15H2,1H3,(H,29,32,34)/b22-14+. The molecule has 3 aromatic carbocycles. The minimum absolute atomic E-state index is 0.109. The topological polar surface area (TPSA) is 71.4 Å². The highest BCUT2D eigenvalue weighted by Gasteiger charge is 2.37. The maximum absolute atomic E-state index is 13.3. The molecule has 0 spiro atoms. The first-order valence-corrected chi connectivity index (χ1v) is 11.1. The maximum atomic E-state index is 13.3. The van der Waals surface area contributed by atoms with Crippen LogP contribution >= 0.6 is 11.6 Å². The van der Waals surface area contributed by atoms with Crippen LogP contribution in [0.4, 0.5) is 10.5 Å². The third-order valence-corrected chi connectivity index (χ3v) is 6.15. The largest absolute Gasteiger partial charge is 0.342 e. The predicted molar refractivity (Wildman–Crippen MR) is 133 cm³/mol. The van der Waals surface area contributed by atoms with Gasteiger partial charge in [0.1, 0.15) is 5.57 Å². The predicted octanol–water partition coefficient (Wildman–Crippen LogP) is 5.32. The highest BCUT2D eigenvalue weighted by atomic mass is 35.5. The molecule has 168 valence electrons. The molecule has 0 aliphatic carbocycles. The van der Waals surface area contributed by atoms with Crippen LogP contribution in [0.5, 0.6) is 0 Å². The van der Waals surface area contributed by atoms with E-state index in [1.807, 2.05) is 72.3 Å². The SMILES string of the molecule is Cc1cccc(N2C(=O)NC(=O)/C(=C\c3cn(Cc4ccccc4Cl)c4ccccc34)C2=O)c1. The van der Waals surface area contributed by atoms with Gasteiger partial charge in [-0.2, -0.15) is 0 Å². The molecule has 4 amide bonds. The van der Waals surface area contributed by atoms with Crippen molar-refractivity contribution in [2.24, 2.45) is 0 Å². The quantitative estimate of drug-likeness (QED) is 0.325. The number of carbonyl (C=O) groups excluding carboxylic acids is 3. The van der Waals surface area contributed by atoms with Gasteiger partial charge in [0.2, 0.25) is 0 Å². The first-order chi connectivity index (χ1) is 16.4. The molecule has 1 saturated heterocycles. The Kier molecular flexibility index (Phi) is 5.51. The van der Waals surface area contributed by atoms with Gasteiger partial charge in [-0.15, -0.1) is 0 Å². The van der Waals surface area contributed by atoms with Crippen molar-refractivity contribution in [1.29, 1.82) is 0 Å². The van der Waals surface area contributed by atoms with Crippen molar-refractivity contribution < 1.29 is 14.4 Å². The van der Waals surface area contributed by atoms with Gasteiger partial charge in [0.25, 0.3) is 11.8 Å². The van der Waals surface area contributed by atoms with Crippen molar-refractivity contribution in [3.05, 3.63) is 106 Å². The van der Waals surface area contributed by atoms with Gasteiger partial charge in [0, 0.05) is 34.2 Å². The van der Waals surface area contributed by atoms with Crippen LogP contribution in [0.1, 0.15) is 16.7 Å². The van der Waals surface area contributed by atoms with Gasteiger partial charge in [-0.1, -0.05) is 60.1 Å². The van der Waals surface area contributed by atoms with E-state index in [4.69, 9.17) is 11.6 Å². The molecular weight excluding hydrogens is 450 g/mol. The van der Waals surface area contributed by atoms with Crippen molar-refractivity contribution in [3.63, 3.8) is 0 Å². The Hall–Kier alpha value is -4.16. The summed E-state index contributed by atoms with van der Waals surface area (Å²) in [6.45, 7) is 2.39. The van der Waals surface area contributed by atoms with Crippen LogP contribution in [-0.2, 0) is 16.1 Å². The maximum Gasteiger partial charge on any atom is 0.335 e. The van der Waals surface area contributed by atoms with E-state index in [1.165, 1.54) is 0 Å². The zero-order chi connectivity index (χ0) is 23.8. The van der Waals surface area contributed by atoms with Gasteiger partial charge in [-0.3, -0.25) is 14.9 Å². The molecule has 1 aliphatic rings. The zero-order valence-corrected chi connectivity index (χ0v) is 19.0. The van der Waals surface area contributed by atoms with Crippen molar-refractivity contribution in [3.8, 4) is 0 Å². The second-order valence-electron chi connectivity index (χ2n) is 8.12. The summed E-state index contributed by atoms with van der Waals surface area (Å²) in [6.07, 6.45) is 3.42. The van der Waals surface area contributed by atoms with E-state index in [0.29, 0.717) is 22.8 Å². The number of barbiturate groups is 1. The number of carbonyl (C=O) groups is 3. The number of aryl methyl sites for hydroxylation is 1. The molecular formula is C27H20ClN3O3. The fraction of sp³-hybridized carbons (Fsp3) is 0.0741. The normalized spacial score (nSPS) is 15.3. The molecule has 0 radical (unpaired) electrons. The molecule has 0 atom stereocenters. The van der Waals surface area contributed by atoms with Crippen LogP contribution in [0, 0.1) is 6.92 Å². The van der Waals surface area contributed by atoms with Crippen LogP contribution in [0.3, 0.4) is 0 Å². The second kappa shape index (κ2) is 8.65. The fourth-order valence-corrected chi connectivity index (χ4v) is 4.34. The van der Waals surface area contributed by atoms with Crippen LogP contribution in [0.2, 0.25) is 5.02 Å². The average Bonchev–Trinajstić information content (AvgIpc) is 3.15. The minimum atomic E-state index is -0.765. The molecule has 0 unspecified atom stereocenters. The van der Waals surface area contributed by atoms with Crippen molar-refractivity contribution in [2.45, 2.75) is 13.5 Å². The Morgan fingerprint density at radius 1 is 0.941 bits per heavy atom. The van der Waals surface area contributed by atoms with Crippen molar-refractivity contribution in [2.75, 3.05) is 4.90 Å². The van der Waals surface area contributed by atoms with Crippen molar-refractivity contribution >= 4 is 52.1 Å². The molecule has 34 heavy (non-hydrogen) atoms. The molecule has 0 saturated carbocycles. The number of rotatable bonds is 4. The van der Waals surface area contributed by atoms with Crippen LogP contribution in [-0.4, -0.2) is 22.4 Å². The number of nitrogens with zero attached hydrogens (tertiary/aromatic N) is 2. The number of hydrogen-bond donors (Lipinski definition) is 1. The fourth-order valence-electron chi connectivity index (χ4n) is 4.15. The second-order valence-corrected chi connectivity index (χ2v) is 8.52. The Balaban J connectivity index is 1.58. The number of amides is 4. The van der Waals surface area contributed by atoms with Gasteiger partial charge in [-0.25, -0.2) is 9.69 Å². The summed E-state index contributed by atoms with van der Waals surface area (Å²) in [5.41, 5.74) is 3.77. The smallest absolute Gasteiger partial charge is 0.335 e. The molecule has 4 aromatic rings. The number of para-hydroxylation sites is 1. The highest BCUT2D eigenvalue weighted by molar-refractivity contribution is 6.39. The number of hydrogen-bond acceptors (Lipinski definition) is 3. The summed E-state index contributed by atoms with van der Waals surface area (Å²) < 4.78 is 2.03. The lowest BCUT2D eigenvalue weighted by molar-refractivity contribution is -0.122. The minimum Gasteiger partial charge on any atom is -0.342 e. The number of aromatic nitrogens is 1. The molecule has 1 fully saturated rings. The van der Waals surface area contributed by atoms with E-state index >= 15 is 0 Å². The van der Waals surface area contributed by atoms with E-state index in [1.54, 1.807) is 24.3 Å². The summed E-state index contributed by atoms with van der Waals surface area (Å²) in [7, 11) is 0. The Labute approximate surface area is 201 Å². The lowest BCUT2D eigenvalue weighted by Gasteiger charge is -2.26. The third-order valence-electron chi connectivity index (χ3n) is 5.78. The van der Waals surface area contributed by atoms with Gasteiger partial charge < -0.3 is 4.57 Å². The molecule has 6 nitrogen and oxygen atoms in total. The van der Waals surface area contributed by atoms with Crippen LogP contribution < -0.4 is 10.2 Å². The van der Waals surface area contributed by atoms with Gasteiger partial charge in [0.15, 0.2) is 0 Å². The Morgan fingerprint density at radius 2 is 1.71 bits per heavy atom. The molecule has 1 aromatic heterocycles. The number of benzene rings is 3. The van der Waals surface area contributed by atoms with Gasteiger partial charge >= 0.3 is 6.03 Å². The van der Waals surface area contributed by atoms with Crippen molar-refractivity contribution in [1.82, 2.24) is 9.88 Å². The molecule has 7 heteroatoms. The summed E-state index contributed by atoms with van der Waals surface area (Å²) >= 11 is 6.36. The van der Waals surface area contributed by atoms with Gasteiger partial charge in [-0.05, 0) is 48.4 Å². The summed E-state index contributed by atoms with van der Waals surface area (Å²) in [5.74, 6) is -1.39. The van der Waals surface area contributed by atoms with E-state index in [2.05, 4.69) is 5.32 Å². The highest BCUT2D eigenvalue weighted by Crippen LogP contribution is 2.28. The number of fused-ring (bicyclic) bond motifs is 1. The number of nitrogens with one attached hydrogen (secondary N) is 1. The summed E-state index contributed by atoms with van der Waals surface area (Å²) in [6, 6.07) is 21.6. The van der Waals surface area contributed by atoms with E-state index in [-0.39, 0.29) is 5.57 Å².